The van der Waals surface area contributed by atoms with Gasteiger partial charge in [-0.25, -0.2) is 0 Å². The third-order valence-corrected chi connectivity index (χ3v) is 2.66. The summed E-state index contributed by atoms with van der Waals surface area (Å²) in [6.45, 7) is -0.0212. The lowest BCUT2D eigenvalue weighted by Gasteiger charge is -2.16. The lowest BCUT2D eigenvalue weighted by atomic mass is 9.74. The van der Waals surface area contributed by atoms with Crippen LogP contribution in [0.3, 0.4) is 0 Å². The summed E-state index contributed by atoms with van der Waals surface area (Å²) < 4.78 is 10.2. The Kier molecular flexibility index (Phi) is 3.42. The molecule has 18 heavy (non-hydrogen) atoms. The van der Waals surface area contributed by atoms with Crippen LogP contribution in [0, 0.1) is 0 Å². The van der Waals surface area contributed by atoms with E-state index in [1.54, 1.807) is 6.07 Å². The molecule has 1 atom stereocenters. The van der Waals surface area contributed by atoms with Gasteiger partial charge in [-0.15, -0.1) is 0 Å². The topological polar surface area (TPSA) is 122 Å². The number of aliphatic carboxylic acids is 1. The Balaban J connectivity index is 2.44. The van der Waals surface area contributed by atoms with Gasteiger partial charge in [-0.2, -0.15) is 0 Å². The average Bonchev–Trinajstić information content (AvgIpc) is 2.73. The van der Waals surface area contributed by atoms with Gasteiger partial charge in [0.1, 0.15) is 0 Å². The Morgan fingerprint density at radius 1 is 1.44 bits per heavy atom. The van der Waals surface area contributed by atoms with E-state index >= 15 is 0 Å². The van der Waals surface area contributed by atoms with Crippen molar-refractivity contribution in [3.8, 4) is 11.5 Å². The zero-order valence-corrected chi connectivity index (χ0v) is 9.37. The Morgan fingerprint density at radius 2 is 2.17 bits per heavy atom. The monoisotopic (exact) mass is 253 g/mol. The Hall–Kier alpha value is -1.77. The summed E-state index contributed by atoms with van der Waals surface area (Å²) in [4.78, 5) is 10.6. The molecule has 1 heterocycles. The molecule has 1 aliphatic heterocycles. The highest BCUT2D eigenvalue weighted by Gasteiger charge is 2.30. The SMILES string of the molecule is NC(CC(=O)O)c1ccc2c(c1B(O)O)OCO2. The molecule has 5 N–H and O–H groups in total. The van der Waals surface area contributed by atoms with Crippen molar-refractivity contribution < 1.29 is 29.4 Å². The zero-order chi connectivity index (χ0) is 13.3. The highest BCUT2D eigenvalue weighted by molar-refractivity contribution is 6.60. The first-order valence-corrected chi connectivity index (χ1v) is 5.26. The predicted molar refractivity (Wildman–Crippen MR) is 61.6 cm³/mol. The van der Waals surface area contributed by atoms with Gasteiger partial charge >= 0.3 is 13.1 Å². The van der Waals surface area contributed by atoms with Crippen molar-refractivity contribution in [2.75, 3.05) is 6.79 Å². The molecule has 7 nitrogen and oxygen atoms in total. The van der Waals surface area contributed by atoms with Crippen molar-refractivity contribution >= 4 is 18.6 Å². The van der Waals surface area contributed by atoms with Gasteiger partial charge in [0.05, 0.1) is 6.42 Å². The van der Waals surface area contributed by atoms with Gasteiger partial charge < -0.3 is 30.4 Å². The van der Waals surface area contributed by atoms with Gasteiger partial charge in [-0.3, -0.25) is 4.79 Å². The number of nitrogens with two attached hydrogens (primary N) is 1. The summed E-state index contributed by atoms with van der Waals surface area (Å²) in [5.74, 6) is -0.494. The number of rotatable bonds is 4. The van der Waals surface area contributed by atoms with E-state index in [0.717, 1.165) is 0 Å². The quantitative estimate of drug-likeness (QED) is 0.485. The molecule has 0 fully saturated rings. The van der Waals surface area contributed by atoms with Gasteiger partial charge in [0, 0.05) is 11.5 Å². The Bertz CT molecular complexity index is 478. The molecule has 1 unspecified atom stereocenters. The molecule has 1 aromatic rings. The highest BCUT2D eigenvalue weighted by Crippen LogP contribution is 2.32. The van der Waals surface area contributed by atoms with Gasteiger partial charge in [0.2, 0.25) is 6.79 Å². The molecule has 0 amide bonds. The molecule has 0 aromatic heterocycles. The van der Waals surface area contributed by atoms with E-state index < -0.39 is 19.1 Å². The fourth-order valence-corrected chi connectivity index (χ4v) is 1.90. The summed E-state index contributed by atoms with van der Waals surface area (Å²) >= 11 is 0. The summed E-state index contributed by atoms with van der Waals surface area (Å²) in [5.41, 5.74) is 6.10. The lowest BCUT2D eigenvalue weighted by Crippen LogP contribution is -2.36. The second-order valence-electron chi connectivity index (χ2n) is 3.88. The van der Waals surface area contributed by atoms with Crippen LogP contribution in [0.25, 0.3) is 0 Å². The summed E-state index contributed by atoms with van der Waals surface area (Å²) in [5, 5.41) is 27.4. The van der Waals surface area contributed by atoms with Crippen LogP contribution in [-0.2, 0) is 4.79 Å². The predicted octanol–water partition coefficient (Wildman–Crippen LogP) is -1.43. The van der Waals surface area contributed by atoms with Crippen molar-refractivity contribution in [3.05, 3.63) is 17.7 Å². The number of carboxylic acid groups (broad SMARTS) is 1. The number of ether oxygens (including phenoxy) is 2. The molecule has 8 heteroatoms. The van der Waals surface area contributed by atoms with Crippen molar-refractivity contribution in [1.29, 1.82) is 0 Å². The molecule has 1 aromatic carbocycles. The van der Waals surface area contributed by atoms with E-state index in [4.69, 9.17) is 20.3 Å². The molecule has 0 saturated carbocycles. The second kappa shape index (κ2) is 4.85. The second-order valence-corrected chi connectivity index (χ2v) is 3.88. The average molecular weight is 253 g/mol. The number of benzene rings is 1. The molecular formula is C10H12BNO6. The third kappa shape index (κ3) is 2.26. The Morgan fingerprint density at radius 3 is 2.78 bits per heavy atom. The van der Waals surface area contributed by atoms with Crippen molar-refractivity contribution in [3.63, 3.8) is 0 Å². The first-order valence-electron chi connectivity index (χ1n) is 5.26. The minimum atomic E-state index is -1.81. The maximum Gasteiger partial charge on any atom is 0.492 e. The number of hydrogen-bond donors (Lipinski definition) is 4. The maximum absolute atomic E-state index is 10.6. The summed E-state index contributed by atoms with van der Waals surface area (Å²) in [6.07, 6.45) is -0.320. The molecule has 0 bridgehead atoms. The van der Waals surface area contributed by atoms with Crippen LogP contribution in [0.15, 0.2) is 12.1 Å². The number of fused-ring (bicyclic) bond motifs is 1. The van der Waals surface area contributed by atoms with E-state index in [-0.39, 0.29) is 24.4 Å². The molecule has 1 aliphatic rings. The maximum atomic E-state index is 10.6. The van der Waals surface area contributed by atoms with Gasteiger partial charge in [0.25, 0.3) is 0 Å². The normalized spacial score (nSPS) is 14.4. The number of carboxylic acids is 1. The highest BCUT2D eigenvalue weighted by atomic mass is 16.7. The van der Waals surface area contributed by atoms with Crippen LogP contribution in [0.1, 0.15) is 18.0 Å². The standard InChI is InChI=1S/C10H12BNO6/c12-6(3-8(13)14)5-1-2-7-10(18-4-17-7)9(5)11(15)16/h1-2,6,15-16H,3-4,12H2,(H,13,14). The van der Waals surface area contributed by atoms with Crippen LogP contribution in [0.2, 0.25) is 0 Å². The van der Waals surface area contributed by atoms with Crippen molar-refractivity contribution in [2.45, 2.75) is 12.5 Å². The fourth-order valence-electron chi connectivity index (χ4n) is 1.90. The van der Waals surface area contributed by atoms with E-state index in [1.807, 2.05) is 0 Å². The van der Waals surface area contributed by atoms with E-state index in [1.165, 1.54) is 6.07 Å². The molecule has 0 saturated heterocycles. The molecule has 2 rings (SSSR count). The van der Waals surface area contributed by atoms with E-state index in [0.29, 0.717) is 11.3 Å². The van der Waals surface area contributed by atoms with Gasteiger partial charge in [0.15, 0.2) is 11.5 Å². The molecular weight excluding hydrogens is 241 g/mol. The van der Waals surface area contributed by atoms with Gasteiger partial charge in [-0.05, 0) is 11.6 Å². The van der Waals surface area contributed by atoms with Crippen molar-refractivity contribution in [1.82, 2.24) is 0 Å². The fraction of sp³-hybridized carbons (Fsp3) is 0.300. The first-order chi connectivity index (χ1) is 8.50. The van der Waals surface area contributed by atoms with Crippen LogP contribution >= 0.6 is 0 Å². The van der Waals surface area contributed by atoms with Crippen LogP contribution in [-0.4, -0.2) is 35.0 Å². The smallest absolute Gasteiger partial charge is 0.481 e. The van der Waals surface area contributed by atoms with Crippen LogP contribution in [0.5, 0.6) is 11.5 Å². The number of hydrogen-bond acceptors (Lipinski definition) is 6. The van der Waals surface area contributed by atoms with Crippen LogP contribution < -0.4 is 20.7 Å². The first kappa shape index (κ1) is 12.7. The van der Waals surface area contributed by atoms with Crippen LogP contribution in [0.4, 0.5) is 0 Å². The third-order valence-electron chi connectivity index (χ3n) is 2.66. The zero-order valence-electron chi connectivity index (χ0n) is 9.37. The van der Waals surface area contributed by atoms with Crippen molar-refractivity contribution in [2.24, 2.45) is 5.73 Å². The summed E-state index contributed by atoms with van der Waals surface area (Å²) in [6, 6.07) is 2.22. The molecule has 0 radical (unpaired) electrons. The lowest BCUT2D eigenvalue weighted by molar-refractivity contribution is -0.137. The molecule has 96 valence electrons. The number of carbonyl (C=O) groups is 1. The van der Waals surface area contributed by atoms with E-state index in [9.17, 15) is 14.8 Å². The molecule has 0 aliphatic carbocycles. The van der Waals surface area contributed by atoms with Gasteiger partial charge in [-0.1, -0.05) is 6.07 Å². The molecule has 0 spiro atoms. The minimum Gasteiger partial charge on any atom is -0.481 e. The van der Waals surface area contributed by atoms with E-state index in [2.05, 4.69) is 0 Å². The summed E-state index contributed by atoms with van der Waals surface area (Å²) in [7, 11) is -1.81. The largest absolute Gasteiger partial charge is 0.492 e. The minimum absolute atomic E-state index is 0.0212. The Labute approximate surface area is 103 Å².